The Kier molecular flexibility index (Phi) is 4.65. The van der Waals surface area contributed by atoms with Crippen LogP contribution in [0.5, 0.6) is 0 Å². The van der Waals surface area contributed by atoms with Crippen LogP contribution in [0.15, 0.2) is 58.5 Å². The van der Waals surface area contributed by atoms with Crippen molar-refractivity contribution in [1.29, 1.82) is 10.5 Å². The van der Waals surface area contributed by atoms with Crippen molar-refractivity contribution in [3.05, 3.63) is 70.0 Å². The third kappa shape index (κ3) is 3.30. The lowest BCUT2D eigenvalue weighted by molar-refractivity contribution is 0.938. The number of H-pyrrole nitrogens is 1. The van der Waals surface area contributed by atoms with Gasteiger partial charge in [-0.1, -0.05) is 48.2 Å². The first-order chi connectivity index (χ1) is 12.2. The fourth-order valence-corrected chi connectivity index (χ4v) is 2.80. The van der Waals surface area contributed by atoms with Gasteiger partial charge in [0, 0.05) is 5.56 Å². The highest BCUT2D eigenvalue weighted by molar-refractivity contribution is 7.98. The van der Waals surface area contributed by atoms with Crippen molar-refractivity contribution in [1.82, 2.24) is 9.97 Å². The summed E-state index contributed by atoms with van der Waals surface area (Å²) in [5.74, 6) is 0. The Labute approximate surface area is 148 Å². The number of nitriles is 2. The van der Waals surface area contributed by atoms with Gasteiger partial charge in [-0.25, -0.2) is 4.98 Å². The molecule has 0 amide bonds. The third-order valence-corrected chi connectivity index (χ3v) is 4.29. The van der Waals surface area contributed by atoms with Gasteiger partial charge in [0.05, 0.1) is 17.3 Å². The second-order valence-electron chi connectivity index (χ2n) is 5.18. The number of nitrogens with zero attached hydrogens (tertiary/aromatic N) is 3. The van der Waals surface area contributed by atoms with Crippen LogP contribution >= 0.6 is 11.8 Å². The van der Waals surface area contributed by atoms with Crippen LogP contribution in [0.25, 0.3) is 22.4 Å². The lowest BCUT2D eigenvalue weighted by Gasteiger charge is -2.07. The SMILES string of the molecule is CSc1nc(-c2ccc(-c3ccc(C#N)cc3)cc2)c(C#N)c(=O)[nH]1. The van der Waals surface area contributed by atoms with Crippen LogP contribution in [0.2, 0.25) is 0 Å². The first-order valence-electron chi connectivity index (χ1n) is 7.35. The van der Waals surface area contributed by atoms with Crippen molar-refractivity contribution in [2.75, 3.05) is 6.26 Å². The zero-order valence-electron chi connectivity index (χ0n) is 13.3. The number of nitrogens with one attached hydrogen (secondary N) is 1. The number of hydrogen-bond donors (Lipinski definition) is 1. The smallest absolute Gasteiger partial charge is 0.270 e. The van der Waals surface area contributed by atoms with E-state index in [9.17, 15) is 10.1 Å². The molecule has 0 atom stereocenters. The van der Waals surface area contributed by atoms with Gasteiger partial charge in [0.15, 0.2) is 5.16 Å². The van der Waals surface area contributed by atoms with E-state index in [1.54, 1.807) is 12.1 Å². The van der Waals surface area contributed by atoms with Gasteiger partial charge in [0.25, 0.3) is 5.56 Å². The summed E-state index contributed by atoms with van der Waals surface area (Å²) >= 11 is 1.31. The van der Waals surface area contributed by atoms with Gasteiger partial charge in [-0.05, 0) is 29.5 Å². The molecule has 3 rings (SSSR count). The summed E-state index contributed by atoms with van der Waals surface area (Å²) in [5, 5.41) is 18.6. The van der Waals surface area contributed by atoms with Gasteiger partial charge in [-0.15, -0.1) is 0 Å². The third-order valence-electron chi connectivity index (χ3n) is 3.71. The van der Waals surface area contributed by atoms with Crippen LogP contribution in [0, 0.1) is 22.7 Å². The molecule has 1 aromatic heterocycles. The standard InChI is InChI=1S/C19H12N4OS/c1-25-19-22-17(16(11-21)18(24)23-19)15-8-6-14(7-9-15)13-4-2-12(10-20)3-5-13/h2-9H,1H3,(H,22,23,24). The number of aromatic amines is 1. The molecule has 1 heterocycles. The Morgan fingerprint density at radius 1 is 0.920 bits per heavy atom. The number of hydrogen-bond acceptors (Lipinski definition) is 5. The van der Waals surface area contributed by atoms with Crippen LogP contribution in [0.4, 0.5) is 0 Å². The summed E-state index contributed by atoms with van der Waals surface area (Å²) < 4.78 is 0. The van der Waals surface area contributed by atoms with E-state index in [-0.39, 0.29) is 5.56 Å². The maximum Gasteiger partial charge on any atom is 0.270 e. The molecule has 0 unspecified atom stereocenters. The van der Waals surface area contributed by atoms with Gasteiger partial charge in [-0.2, -0.15) is 10.5 Å². The van der Waals surface area contributed by atoms with Crippen molar-refractivity contribution in [2.45, 2.75) is 5.16 Å². The molecule has 0 aliphatic carbocycles. The number of benzene rings is 2. The molecule has 0 aliphatic heterocycles. The molecule has 0 saturated heterocycles. The second kappa shape index (κ2) is 7.04. The minimum atomic E-state index is -0.437. The maximum atomic E-state index is 12.0. The summed E-state index contributed by atoms with van der Waals surface area (Å²) in [6.07, 6.45) is 1.81. The summed E-state index contributed by atoms with van der Waals surface area (Å²) in [6, 6.07) is 18.8. The molecule has 0 radical (unpaired) electrons. The first-order valence-corrected chi connectivity index (χ1v) is 8.58. The first kappa shape index (κ1) is 16.5. The van der Waals surface area contributed by atoms with Crippen LogP contribution < -0.4 is 5.56 Å². The quantitative estimate of drug-likeness (QED) is 0.579. The van der Waals surface area contributed by atoms with Crippen molar-refractivity contribution >= 4 is 11.8 Å². The van der Waals surface area contributed by atoms with E-state index in [2.05, 4.69) is 16.0 Å². The molecule has 3 aromatic rings. The monoisotopic (exact) mass is 344 g/mol. The summed E-state index contributed by atoms with van der Waals surface area (Å²) in [6.45, 7) is 0. The zero-order chi connectivity index (χ0) is 17.8. The van der Waals surface area contributed by atoms with E-state index < -0.39 is 5.56 Å². The van der Waals surface area contributed by atoms with E-state index >= 15 is 0 Å². The Bertz CT molecular complexity index is 1060. The lowest BCUT2D eigenvalue weighted by atomic mass is 10.0. The Balaban J connectivity index is 2.03. The molecule has 6 heteroatoms. The molecular formula is C19H12N4OS. The minimum absolute atomic E-state index is 0.00363. The predicted molar refractivity (Wildman–Crippen MR) is 96.9 cm³/mol. The highest BCUT2D eigenvalue weighted by Gasteiger charge is 2.13. The second-order valence-corrected chi connectivity index (χ2v) is 5.97. The highest BCUT2D eigenvalue weighted by atomic mass is 32.2. The summed E-state index contributed by atoms with van der Waals surface area (Å²) in [5.41, 5.74) is 3.21. The molecule has 25 heavy (non-hydrogen) atoms. The highest BCUT2D eigenvalue weighted by Crippen LogP contribution is 2.26. The van der Waals surface area contributed by atoms with E-state index in [1.807, 2.05) is 48.7 Å². The average Bonchev–Trinajstić information content (AvgIpc) is 2.67. The average molecular weight is 344 g/mol. The maximum absolute atomic E-state index is 12.0. The molecule has 0 saturated carbocycles. The molecule has 0 aliphatic rings. The molecule has 0 spiro atoms. The van der Waals surface area contributed by atoms with E-state index in [1.165, 1.54) is 11.8 Å². The van der Waals surface area contributed by atoms with Crippen LogP contribution in [0.3, 0.4) is 0 Å². The van der Waals surface area contributed by atoms with Crippen molar-refractivity contribution in [3.8, 4) is 34.5 Å². The number of thioether (sulfide) groups is 1. The molecule has 0 bridgehead atoms. The Hall–Kier alpha value is -3.35. The van der Waals surface area contributed by atoms with Crippen molar-refractivity contribution in [3.63, 3.8) is 0 Å². The van der Waals surface area contributed by atoms with Gasteiger partial charge < -0.3 is 4.98 Å². The molecule has 5 nitrogen and oxygen atoms in total. The lowest BCUT2D eigenvalue weighted by Crippen LogP contribution is -2.14. The van der Waals surface area contributed by atoms with Gasteiger partial charge in [0.2, 0.25) is 0 Å². The minimum Gasteiger partial charge on any atom is -0.300 e. The van der Waals surface area contributed by atoms with Crippen molar-refractivity contribution < 1.29 is 0 Å². The largest absolute Gasteiger partial charge is 0.300 e. The normalized spacial score (nSPS) is 10.0. The van der Waals surface area contributed by atoms with Crippen LogP contribution in [-0.2, 0) is 0 Å². The fourth-order valence-electron chi connectivity index (χ4n) is 2.42. The number of rotatable bonds is 3. The Morgan fingerprint density at radius 2 is 1.48 bits per heavy atom. The Morgan fingerprint density at radius 3 is 2.00 bits per heavy atom. The fraction of sp³-hybridized carbons (Fsp3) is 0.0526. The molecule has 1 N–H and O–H groups in total. The molecule has 120 valence electrons. The van der Waals surface area contributed by atoms with Crippen LogP contribution in [0.1, 0.15) is 11.1 Å². The van der Waals surface area contributed by atoms with Gasteiger partial charge >= 0.3 is 0 Å². The molecular weight excluding hydrogens is 332 g/mol. The number of aromatic nitrogens is 2. The zero-order valence-corrected chi connectivity index (χ0v) is 14.1. The van der Waals surface area contributed by atoms with Gasteiger partial charge in [-0.3, -0.25) is 4.79 Å². The van der Waals surface area contributed by atoms with Gasteiger partial charge in [0.1, 0.15) is 11.6 Å². The predicted octanol–water partition coefficient (Wildman–Crippen LogP) is 3.57. The van der Waals surface area contributed by atoms with E-state index in [0.29, 0.717) is 22.0 Å². The van der Waals surface area contributed by atoms with Crippen molar-refractivity contribution in [2.24, 2.45) is 0 Å². The van der Waals surface area contributed by atoms with Crippen LogP contribution in [-0.4, -0.2) is 16.2 Å². The summed E-state index contributed by atoms with van der Waals surface area (Å²) in [4.78, 5) is 19.0. The van der Waals surface area contributed by atoms with E-state index in [0.717, 1.165) is 11.1 Å². The molecule has 2 aromatic carbocycles. The molecule has 0 fully saturated rings. The van der Waals surface area contributed by atoms with E-state index in [4.69, 9.17) is 5.26 Å². The topological polar surface area (TPSA) is 93.3 Å². The summed E-state index contributed by atoms with van der Waals surface area (Å²) in [7, 11) is 0.